The van der Waals surface area contributed by atoms with Gasteiger partial charge in [-0.05, 0) is 38.6 Å². The van der Waals surface area contributed by atoms with Gasteiger partial charge in [0.1, 0.15) is 12.9 Å². The highest BCUT2D eigenvalue weighted by atomic mass is 16.6. The first kappa shape index (κ1) is 16.9. The third-order valence-electron chi connectivity index (χ3n) is 5.93. The van der Waals surface area contributed by atoms with E-state index in [1.54, 1.807) is 4.90 Å². The summed E-state index contributed by atoms with van der Waals surface area (Å²) in [5.74, 6) is 1.50. The highest BCUT2D eigenvalue weighted by molar-refractivity contribution is 5.69. The van der Waals surface area contributed by atoms with Crippen molar-refractivity contribution in [1.82, 2.24) is 14.8 Å². The van der Waals surface area contributed by atoms with Crippen molar-refractivity contribution in [2.24, 2.45) is 0 Å². The van der Waals surface area contributed by atoms with Gasteiger partial charge in [-0.25, -0.2) is 9.78 Å². The van der Waals surface area contributed by atoms with Gasteiger partial charge in [0.05, 0.1) is 18.3 Å². The highest BCUT2D eigenvalue weighted by Crippen LogP contribution is 2.36. The predicted octanol–water partition coefficient (Wildman–Crippen LogP) is 3.70. The SMILES string of the molecule is O=C1OCCN1CCCN1CCC[C@H]1c1nc(C2CCCCC2)co1. The molecule has 0 spiro atoms. The van der Waals surface area contributed by atoms with Gasteiger partial charge >= 0.3 is 6.09 Å². The fourth-order valence-corrected chi connectivity index (χ4v) is 4.51. The van der Waals surface area contributed by atoms with Crippen LogP contribution in [0.1, 0.15) is 74.9 Å². The van der Waals surface area contributed by atoms with E-state index in [1.807, 2.05) is 6.26 Å². The second-order valence-electron chi connectivity index (χ2n) is 7.59. The smallest absolute Gasteiger partial charge is 0.409 e. The number of carbonyl (C=O) groups excluding carboxylic acids is 1. The summed E-state index contributed by atoms with van der Waals surface area (Å²) in [5.41, 5.74) is 1.17. The minimum absolute atomic E-state index is 0.164. The van der Waals surface area contributed by atoms with Crippen molar-refractivity contribution in [3.63, 3.8) is 0 Å². The quantitative estimate of drug-likeness (QED) is 0.785. The first-order valence-electron chi connectivity index (χ1n) is 9.92. The normalized spacial score (nSPS) is 25.7. The maximum Gasteiger partial charge on any atom is 0.409 e. The Bertz CT molecular complexity index is 582. The summed E-state index contributed by atoms with van der Waals surface area (Å²) in [7, 11) is 0. The maximum absolute atomic E-state index is 11.5. The molecule has 138 valence electrons. The minimum Gasteiger partial charge on any atom is -0.448 e. The lowest BCUT2D eigenvalue weighted by molar-refractivity contribution is 0.155. The molecule has 3 heterocycles. The highest BCUT2D eigenvalue weighted by Gasteiger charge is 2.31. The van der Waals surface area contributed by atoms with Gasteiger partial charge < -0.3 is 14.1 Å². The second kappa shape index (κ2) is 7.77. The largest absolute Gasteiger partial charge is 0.448 e. The number of rotatable bonds is 6. The molecular formula is C19H29N3O3. The van der Waals surface area contributed by atoms with Crippen LogP contribution in [0.5, 0.6) is 0 Å². The fraction of sp³-hybridized carbons (Fsp3) is 0.789. The molecule has 2 aliphatic heterocycles. The average molecular weight is 347 g/mol. The van der Waals surface area contributed by atoms with Crippen LogP contribution >= 0.6 is 0 Å². The standard InChI is InChI=1S/C19H29N3O3/c23-19-22(12-13-24-19)11-5-10-21-9-4-8-17(21)18-20-16(14-25-18)15-6-2-1-3-7-15/h14-15,17H,1-13H2/t17-/m0/s1. The van der Waals surface area contributed by atoms with Gasteiger partial charge in [-0.15, -0.1) is 0 Å². The summed E-state index contributed by atoms with van der Waals surface area (Å²) in [6.07, 6.45) is 11.5. The van der Waals surface area contributed by atoms with E-state index in [9.17, 15) is 4.79 Å². The molecule has 1 atom stereocenters. The van der Waals surface area contributed by atoms with E-state index in [4.69, 9.17) is 14.1 Å². The Morgan fingerprint density at radius 2 is 1.96 bits per heavy atom. The number of hydrogen-bond donors (Lipinski definition) is 0. The molecule has 3 aliphatic rings. The summed E-state index contributed by atoms with van der Waals surface area (Å²) in [6.45, 7) is 4.12. The van der Waals surface area contributed by atoms with E-state index in [1.165, 1.54) is 44.2 Å². The Labute approximate surface area is 149 Å². The van der Waals surface area contributed by atoms with Crippen molar-refractivity contribution in [1.29, 1.82) is 0 Å². The van der Waals surface area contributed by atoms with Crippen LogP contribution < -0.4 is 0 Å². The molecule has 0 aromatic carbocycles. The van der Waals surface area contributed by atoms with Gasteiger partial charge in [-0.2, -0.15) is 0 Å². The van der Waals surface area contributed by atoms with Crippen LogP contribution in [0.3, 0.4) is 0 Å². The van der Waals surface area contributed by atoms with E-state index < -0.39 is 0 Å². The van der Waals surface area contributed by atoms with Gasteiger partial charge in [0, 0.05) is 19.0 Å². The lowest BCUT2D eigenvalue weighted by atomic mass is 9.87. The van der Waals surface area contributed by atoms with Crippen molar-refractivity contribution in [3.05, 3.63) is 17.8 Å². The Balaban J connectivity index is 1.31. The van der Waals surface area contributed by atoms with Crippen LogP contribution in [0.25, 0.3) is 0 Å². The number of oxazole rings is 1. The van der Waals surface area contributed by atoms with Crippen LogP contribution in [-0.4, -0.2) is 53.7 Å². The molecule has 0 N–H and O–H groups in total. The average Bonchev–Trinajstić information content (AvgIpc) is 3.37. The molecule has 1 aromatic rings. The zero-order chi connectivity index (χ0) is 17.1. The van der Waals surface area contributed by atoms with E-state index in [-0.39, 0.29) is 6.09 Å². The minimum atomic E-state index is -0.164. The number of aromatic nitrogens is 1. The third kappa shape index (κ3) is 3.84. The molecule has 0 unspecified atom stereocenters. The third-order valence-corrected chi connectivity index (χ3v) is 5.93. The molecule has 3 fully saturated rings. The van der Waals surface area contributed by atoms with Crippen molar-refractivity contribution < 1.29 is 13.9 Å². The Hall–Kier alpha value is -1.56. The van der Waals surface area contributed by atoms with Gasteiger partial charge in [-0.1, -0.05) is 19.3 Å². The Kier molecular flexibility index (Phi) is 5.25. The van der Waals surface area contributed by atoms with Crippen LogP contribution in [0.4, 0.5) is 4.79 Å². The fourth-order valence-electron chi connectivity index (χ4n) is 4.51. The molecule has 6 heteroatoms. The van der Waals surface area contributed by atoms with Crippen molar-refractivity contribution in [2.45, 2.75) is 63.3 Å². The van der Waals surface area contributed by atoms with Gasteiger partial charge in [0.15, 0.2) is 0 Å². The van der Waals surface area contributed by atoms with Crippen LogP contribution in [0, 0.1) is 0 Å². The first-order valence-corrected chi connectivity index (χ1v) is 9.92. The molecule has 1 aromatic heterocycles. The summed E-state index contributed by atoms with van der Waals surface area (Å²) >= 11 is 0. The lowest BCUT2D eigenvalue weighted by Crippen LogP contribution is -2.30. The van der Waals surface area contributed by atoms with Gasteiger partial charge in [-0.3, -0.25) is 4.90 Å². The molecule has 1 aliphatic carbocycles. The molecule has 0 radical (unpaired) electrons. The number of hydrogen-bond acceptors (Lipinski definition) is 5. The summed E-state index contributed by atoms with van der Waals surface area (Å²) in [6, 6.07) is 0.308. The van der Waals surface area contributed by atoms with Crippen molar-refractivity contribution >= 4 is 6.09 Å². The van der Waals surface area contributed by atoms with E-state index in [0.717, 1.165) is 44.9 Å². The number of carbonyl (C=O) groups is 1. The van der Waals surface area contributed by atoms with Gasteiger partial charge in [0.25, 0.3) is 0 Å². The second-order valence-corrected chi connectivity index (χ2v) is 7.59. The number of likely N-dealkylation sites (tertiary alicyclic amines) is 1. The summed E-state index contributed by atoms with van der Waals surface area (Å²) in [4.78, 5) is 20.6. The number of cyclic esters (lactones) is 1. The number of ether oxygens (including phenoxy) is 1. The Morgan fingerprint density at radius 3 is 2.76 bits per heavy atom. The lowest BCUT2D eigenvalue weighted by Gasteiger charge is -2.23. The summed E-state index contributed by atoms with van der Waals surface area (Å²) in [5, 5.41) is 0. The first-order chi connectivity index (χ1) is 12.3. The van der Waals surface area contributed by atoms with E-state index in [0.29, 0.717) is 18.6 Å². The van der Waals surface area contributed by atoms with Crippen LogP contribution in [-0.2, 0) is 4.74 Å². The van der Waals surface area contributed by atoms with Gasteiger partial charge in [0.2, 0.25) is 5.89 Å². The molecule has 2 saturated heterocycles. The molecule has 6 nitrogen and oxygen atoms in total. The topological polar surface area (TPSA) is 58.8 Å². The molecule has 1 saturated carbocycles. The zero-order valence-corrected chi connectivity index (χ0v) is 15.0. The van der Waals surface area contributed by atoms with Crippen molar-refractivity contribution in [2.75, 3.05) is 32.8 Å². The number of nitrogens with zero attached hydrogens (tertiary/aromatic N) is 3. The number of amides is 1. The Morgan fingerprint density at radius 1 is 1.08 bits per heavy atom. The van der Waals surface area contributed by atoms with E-state index in [2.05, 4.69) is 4.90 Å². The molecule has 25 heavy (non-hydrogen) atoms. The molecule has 4 rings (SSSR count). The maximum atomic E-state index is 11.5. The predicted molar refractivity (Wildman–Crippen MR) is 93.4 cm³/mol. The van der Waals surface area contributed by atoms with Crippen LogP contribution in [0.2, 0.25) is 0 Å². The monoisotopic (exact) mass is 347 g/mol. The zero-order valence-electron chi connectivity index (χ0n) is 15.0. The van der Waals surface area contributed by atoms with Crippen LogP contribution in [0.15, 0.2) is 10.7 Å². The summed E-state index contributed by atoms with van der Waals surface area (Å²) < 4.78 is 10.9. The van der Waals surface area contributed by atoms with Crippen molar-refractivity contribution in [3.8, 4) is 0 Å². The van der Waals surface area contributed by atoms with E-state index >= 15 is 0 Å². The molecule has 0 bridgehead atoms. The molecular weight excluding hydrogens is 318 g/mol. The molecule has 1 amide bonds.